The zero-order chi connectivity index (χ0) is 19.6. The number of benzene rings is 1. The van der Waals surface area contributed by atoms with Crippen LogP contribution in [-0.2, 0) is 4.79 Å². The molecule has 2 rings (SSSR count). The van der Waals surface area contributed by atoms with E-state index in [4.69, 9.17) is 9.84 Å². The van der Waals surface area contributed by atoms with Crippen LogP contribution in [0.2, 0.25) is 0 Å². The molecular formula is C20H34FNO3. The van der Waals surface area contributed by atoms with E-state index in [0.717, 1.165) is 30.4 Å². The minimum atomic E-state index is -0.500. The smallest absolute Gasteiger partial charge is 0.209 e. The predicted molar refractivity (Wildman–Crippen MR) is 101 cm³/mol. The number of piperidine rings is 1. The number of carbonyl (C=O) groups is 1. The van der Waals surface area contributed by atoms with Crippen LogP contribution in [0.4, 0.5) is 4.39 Å². The highest BCUT2D eigenvalue weighted by atomic mass is 19.1. The molecule has 144 valence electrons. The first kappa shape index (κ1) is 23.4. The summed E-state index contributed by atoms with van der Waals surface area (Å²) in [5, 5.41) is 8.52. The molecule has 0 aromatic heterocycles. The second-order valence-corrected chi connectivity index (χ2v) is 6.93. The molecule has 1 aliphatic heterocycles. The highest BCUT2D eigenvalue weighted by Gasteiger charge is 2.23. The first-order chi connectivity index (χ1) is 11.7. The van der Waals surface area contributed by atoms with Crippen LogP contribution < -0.4 is 4.74 Å². The number of hydrogen-bond donors (Lipinski definition) is 1. The summed E-state index contributed by atoms with van der Waals surface area (Å²) in [4.78, 5) is 12.4. The van der Waals surface area contributed by atoms with E-state index in [2.05, 4.69) is 0 Å². The van der Waals surface area contributed by atoms with Crippen LogP contribution in [0.25, 0.3) is 0 Å². The molecule has 0 unspecified atom stereocenters. The molecule has 0 spiro atoms. The fraction of sp³-hybridized carbons (Fsp3) is 0.650. The number of hydrogen-bond acceptors (Lipinski definition) is 3. The number of rotatable bonds is 3. The number of likely N-dealkylation sites (tertiary alicyclic amines) is 1. The van der Waals surface area contributed by atoms with Crippen LogP contribution in [0.1, 0.15) is 64.5 Å². The Kier molecular flexibility index (Phi) is 10.4. The Labute approximate surface area is 152 Å². The van der Waals surface area contributed by atoms with E-state index < -0.39 is 5.60 Å². The van der Waals surface area contributed by atoms with Crippen molar-refractivity contribution < 1.29 is 19.0 Å². The van der Waals surface area contributed by atoms with Crippen molar-refractivity contribution in [1.29, 1.82) is 0 Å². The number of halogens is 1. The molecular weight excluding hydrogens is 321 g/mol. The molecule has 1 aromatic carbocycles. The number of nitrogens with zero attached hydrogens (tertiary/aromatic N) is 1. The van der Waals surface area contributed by atoms with Gasteiger partial charge in [-0.2, -0.15) is 0 Å². The summed E-state index contributed by atoms with van der Waals surface area (Å²) in [6, 6.07) is 3.33. The first-order valence-electron chi connectivity index (χ1n) is 8.91. The third-order valence-corrected chi connectivity index (χ3v) is 3.63. The van der Waals surface area contributed by atoms with Gasteiger partial charge in [-0.15, -0.1) is 0 Å². The third-order valence-electron chi connectivity index (χ3n) is 3.63. The number of aryl methyl sites for hydroxylation is 1. The summed E-state index contributed by atoms with van der Waals surface area (Å²) in [6.45, 7) is 12.6. The molecule has 0 aliphatic carbocycles. The van der Waals surface area contributed by atoms with Crippen molar-refractivity contribution in [2.75, 3.05) is 20.2 Å². The van der Waals surface area contributed by atoms with Crippen molar-refractivity contribution in [2.45, 2.75) is 65.9 Å². The van der Waals surface area contributed by atoms with Crippen molar-refractivity contribution in [3.05, 3.63) is 29.1 Å². The Morgan fingerprint density at radius 3 is 2.12 bits per heavy atom. The lowest BCUT2D eigenvalue weighted by molar-refractivity contribution is -0.119. The van der Waals surface area contributed by atoms with Gasteiger partial charge in [0.1, 0.15) is 11.6 Å². The molecule has 1 aliphatic rings. The summed E-state index contributed by atoms with van der Waals surface area (Å²) in [5.74, 6) is 0.578. The Hall–Kier alpha value is -1.62. The van der Waals surface area contributed by atoms with Crippen molar-refractivity contribution >= 4 is 6.41 Å². The molecule has 1 saturated heterocycles. The van der Waals surface area contributed by atoms with E-state index in [1.54, 1.807) is 32.8 Å². The summed E-state index contributed by atoms with van der Waals surface area (Å²) in [6.07, 6.45) is 2.51. The van der Waals surface area contributed by atoms with Gasteiger partial charge in [-0.05, 0) is 63.6 Å². The molecule has 1 N–H and O–H groups in total. The summed E-state index contributed by atoms with van der Waals surface area (Å²) in [5.41, 5.74) is 1.20. The van der Waals surface area contributed by atoms with Crippen LogP contribution >= 0.6 is 0 Å². The lowest BCUT2D eigenvalue weighted by Gasteiger charge is -2.29. The highest BCUT2D eigenvalue weighted by Crippen LogP contribution is 2.32. The van der Waals surface area contributed by atoms with Gasteiger partial charge in [0.25, 0.3) is 0 Å². The molecule has 0 radical (unpaired) electrons. The number of methoxy groups -OCH3 is 1. The molecule has 1 fully saturated rings. The lowest BCUT2D eigenvalue weighted by Crippen LogP contribution is -2.31. The van der Waals surface area contributed by atoms with Gasteiger partial charge in [0.15, 0.2) is 0 Å². The summed E-state index contributed by atoms with van der Waals surface area (Å²) < 4.78 is 19.1. The summed E-state index contributed by atoms with van der Waals surface area (Å²) in [7, 11) is 1.55. The standard InChI is InChI=1S/C14H18FNO2.C4H10O.C2H6/c1-10-7-12(13(15)8-14(10)18-2)11-3-5-16(9-17)6-4-11;1-4(2,3)5;1-2/h7-9,11H,3-6H2,1-2H3;5H,1-3H3;1-2H3. The van der Waals surface area contributed by atoms with Gasteiger partial charge in [0.2, 0.25) is 6.41 Å². The molecule has 4 nitrogen and oxygen atoms in total. The van der Waals surface area contributed by atoms with E-state index >= 15 is 0 Å². The van der Waals surface area contributed by atoms with E-state index in [9.17, 15) is 9.18 Å². The Morgan fingerprint density at radius 2 is 1.72 bits per heavy atom. The Morgan fingerprint density at radius 1 is 1.24 bits per heavy atom. The fourth-order valence-corrected chi connectivity index (χ4v) is 2.53. The number of ether oxygens (including phenoxy) is 1. The SMILES string of the molecule is CC.CC(C)(C)O.COc1cc(F)c(C2CCN(C=O)CC2)cc1C. The first-order valence-corrected chi connectivity index (χ1v) is 8.91. The van der Waals surface area contributed by atoms with E-state index in [-0.39, 0.29) is 11.7 Å². The topological polar surface area (TPSA) is 49.8 Å². The van der Waals surface area contributed by atoms with Crippen LogP contribution in [-0.4, -0.2) is 42.2 Å². The number of aliphatic hydroxyl groups is 1. The van der Waals surface area contributed by atoms with Crippen LogP contribution in [0.3, 0.4) is 0 Å². The summed E-state index contributed by atoms with van der Waals surface area (Å²) >= 11 is 0. The van der Waals surface area contributed by atoms with Crippen LogP contribution in [0, 0.1) is 12.7 Å². The van der Waals surface area contributed by atoms with E-state index in [0.29, 0.717) is 18.8 Å². The molecule has 0 saturated carbocycles. The van der Waals surface area contributed by atoms with Gasteiger partial charge >= 0.3 is 0 Å². The fourth-order valence-electron chi connectivity index (χ4n) is 2.53. The third kappa shape index (κ3) is 8.87. The quantitative estimate of drug-likeness (QED) is 0.823. The number of carbonyl (C=O) groups excluding carboxylic acids is 1. The van der Waals surface area contributed by atoms with E-state index in [1.807, 2.05) is 26.8 Å². The maximum Gasteiger partial charge on any atom is 0.209 e. The van der Waals surface area contributed by atoms with E-state index in [1.165, 1.54) is 6.07 Å². The van der Waals surface area contributed by atoms with Gasteiger partial charge in [0.05, 0.1) is 12.7 Å². The Bertz CT molecular complexity index is 512. The van der Waals surface area contributed by atoms with Gasteiger partial charge in [-0.1, -0.05) is 13.8 Å². The Balaban J connectivity index is 0.000000710. The van der Waals surface area contributed by atoms with Crippen molar-refractivity contribution in [3.8, 4) is 5.75 Å². The lowest BCUT2D eigenvalue weighted by atomic mass is 9.88. The van der Waals surface area contributed by atoms with Crippen molar-refractivity contribution in [1.82, 2.24) is 4.90 Å². The number of amides is 1. The zero-order valence-electron chi connectivity index (χ0n) is 16.7. The van der Waals surface area contributed by atoms with Gasteiger partial charge in [-0.3, -0.25) is 4.79 Å². The normalized spacial score (nSPS) is 14.7. The largest absolute Gasteiger partial charge is 0.496 e. The monoisotopic (exact) mass is 355 g/mol. The average Bonchev–Trinajstić information content (AvgIpc) is 2.57. The second kappa shape index (κ2) is 11.1. The van der Waals surface area contributed by atoms with Crippen LogP contribution in [0.15, 0.2) is 12.1 Å². The molecule has 1 amide bonds. The molecule has 5 heteroatoms. The molecule has 25 heavy (non-hydrogen) atoms. The van der Waals surface area contributed by atoms with Crippen LogP contribution in [0.5, 0.6) is 5.75 Å². The van der Waals surface area contributed by atoms with Gasteiger partial charge in [-0.25, -0.2) is 4.39 Å². The predicted octanol–water partition coefficient (Wildman–Crippen LogP) is 4.28. The van der Waals surface area contributed by atoms with Gasteiger partial charge in [0, 0.05) is 19.2 Å². The minimum absolute atomic E-state index is 0.200. The maximum atomic E-state index is 14.0. The molecule has 1 heterocycles. The molecule has 1 aromatic rings. The second-order valence-electron chi connectivity index (χ2n) is 6.93. The minimum Gasteiger partial charge on any atom is -0.496 e. The van der Waals surface area contributed by atoms with Crippen molar-refractivity contribution in [3.63, 3.8) is 0 Å². The van der Waals surface area contributed by atoms with Gasteiger partial charge < -0.3 is 14.7 Å². The zero-order valence-corrected chi connectivity index (χ0v) is 16.7. The molecule has 0 atom stereocenters. The molecule has 0 bridgehead atoms. The average molecular weight is 355 g/mol. The maximum absolute atomic E-state index is 14.0. The van der Waals surface area contributed by atoms with Crippen molar-refractivity contribution in [2.24, 2.45) is 0 Å². The highest BCUT2D eigenvalue weighted by molar-refractivity contribution is 5.47.